The molecule has 0 bridgehead atoms. The van der Waals surface area contributed by atoms with Crippen LogP contribution in [0, 0.1) is 0 Å². The Kier molecular flexibility index (Phi) is 14.3. The Bertz CT molecular complexity index is 178. The standard InChI is InChI=1S/2C4H9.H2O4S.Sn/c2*1-3-4-2;1-5(2,3)4;/h2*1,3-4H2,2H3;(H2,1,2,3,4);/q;;;+2/p-2. The van der Waals surface area contributed by atoms with Gasteiger partial charge in [-0.2, -0.15) is 0 Å². The molecule has 0 aromatic rings. The SMILES string of the molecule is CCC[CH2][Sn+2][CH2]CCC.O=S(=O)([O-])[O-]. The van der Waals surface area contributed by atoms with Crippen molar-refractivity contribution in [3.05, 3.63) is 0 Å². The van der Waals surface area contributed by atoms with E-state index in [2.05, 4.69) is 13.8 Å². The fourth-order valence-corrected chi connectivity index (χ4v) is 4.89. The van der Waals surface area contributed by atoms with E-state index in [1.165, 1.54) is 25.7 Å². The third-order valence-electron chi connectivity index (χ3n) is 1.41. The number of hydrogen-bond donors (Lipinski definition) is 0. The normalized spacial score (nSPS) is 10.0. The van der Waals surface area contributed by atoms with Crippen LogP contribution in [0.4, 0.5) is 0 Å². The first kappa shape index (κ1) is 17.1. The molecule has 0 N–H and O–H groups in total. The van der Waals surface area contributed by atoms with Crippen molar-refractivity contribution in [2.45, 2.75) is 48.4 Å². The summed E-state index contributed by atoms with van der Waals surface area (Å²) in [5, 5.41) is 0. The van der Waals surface area contributed by atoms with Crippen LogP contribution in [-0.4, -0.2) is 38.7 Å². The quantitative estimate of drug-likeness (QED) is 0.322. The molecule has 6 heteroatoms. The molecular formula is C8H18O4SSn. The van der Waals surface area contributed by atoms with E-state index in [0.29, 0.717) is 0 Å². The molecule has 0 aliphatic carbocycles. The van der Waals surface area contributed by atoms with Gasteiger partial charge in [0.1, 0.15) is 0 Å². The van der Waals surface area contributed by atoms with Gasteiger partial charge >= 0.3 is 69.5 Å². The Balaban J connectivity index is 0. The first-order chi connectivity index (χ1) is 6.41. The van der Waals surface area contributed by atoms with Crippen molar-refractivity contribution in [1.29, 1.82) is 0 Å². The van der Waals surface area contributed by atoms with Crippen LogP contribution in [-0.2, 0) is 10.4 Å². The maximum Gasteiger partial charge on any atom is 0.0311 e. The van der Waals surface area contributed by atoms with Crippen molar-refractivity contribution in [2.75, 3.05) is 0 Å². The van der Waals surface area contributed by atoms with Gasteiger partial charge < -0.3 is 9.11 Å². The summed E-state index contributed by atoms with van der Waals surface area (Å²) in [4.78, 5) is 0. The zero-order chi connectivity index (χ0) is 11.4. The summed E-state index contributed by atoms with van der Waals surface area (Å²) < 4.78 is 37.3. The van der Waals surface area contributed by atoms with E-state index in [9.17, 15) is 0 Å². The summed E-state index contributed by atoms with van der Waals surface area (Å²) in [5.41, 5.74) is 0. The van der Waals surface area contributed by atoms with Crippen LogP contribution < -0.4 is 0 Å². The van der Waals surface area contributed by atoms with Gasteiger partial charge in [-0.05, 0) is 0 Å². The molecule has 0 spiro atoms. The molecule has 14 heavy (non-hydrogen) atoms. The fourth-order valence-electron chi connectivity index (χ4n) is 0.729. The molecule has 0 saturated heterocycles. The van der Waals surface area contributed by atoms with E-state index in [0.717, 1.165) is 0 Å². The van der Waals surface area contributed by atoms with Gasteiger partial charge in [0.2, 0.25) is 0 Å². The topological polar surface area (TPSA) is 80.3 Å². The molecule has 0 rings (SSSR count). The first-order valence-corrected chi connectivity index (χ1v) is 10.2. The van der Waals surface area contributed by atoms with E-state index in [1.807, 2.05) is 0 Å². The molecule has 0 atom stereocenters. The third kappa shape index (κ3) is 38.8. The maximum absolute atomic E-state index is 8.52. The molecule has 0 amide bonds. The van der Waals surface area contributed by atoms with Crippen molar-refractivity contribution in [3.8, 4) is 0 Å². The van der Waals surface area contributed by atoms with Crippen molar-refractivity contribution >= 4 is 31.5 Å². The molecule has 0 aliphatic rings. The van der Waals surface area contributed by atoms with Crippen LogP contribution in [0.2, 0.25) is 8.87 Å². The van der Waals surface area contributed by atoms with Crippen molar-refractivity contribution in [2.24, 2.45) is 0 Å². The Morgan fingerprint density at radius 3 is 1.50 bits per heavy atom. The minimum absolute atomic E-state index is 0.149. The Labute approximate surface area is 97.3 Å². The van der Waals surface area contributed by atoms with Crippen LogP contribution in [0.25, 0.3) is 0 Å². The van der Waals surface area contributed by atoms with Gasteiger partial charge in [-0.25, -0.2) is 0 Å². The van der Waals surface area contributed by atoms with Gasteiger partial charge in [0, 0.05) is 10.4 Å². The van der Waals surface area contributed by atoms with E-state index < -0.39 is 10.4 Å². The maximum atomic E-state index is 8.52. The average molecular weight is 329 g/mol. The zero-order valence-electron chi connectivity index (χ0n) is 8.78. The summed E-state index contributed by atoms with van der Waals surface area (Å²) in [7, 11) is -5.17. The number of rotatable bonds is 6. The fraction of sp³-hybridized carbons (Fsp3) is 1.00. The largest absolute Gasteiger partial charge is 0.759 e. The molecule has 0 heterocycles. The van der Waals surface area contributed by atoms with Gasteiger partial charge in [0.15, 0.2) is 0 Å². The van der Waals surface area contributed by atoms with Gasteiger partial charge in [-0.1, -0.05) is 0 Å². The monoisotopic (exact) mass is 330 g/mol. The van der Waals surface area contributed by atoms with Gasteiger partial charge in [-0.3, -0.25) is 8.42 Å². The third-order valence-corrected chi connectivity index (χ3v) is 5.45. The van der Waals surface area contributed by atoms with Gasteiger partial charge in [0.25, 0.3) is 0 Å². The molecule has 0 saturated carbocycles. The second kappa shape index (κ2) is 11.7. The molecule has 84 valence electrons. The predicted molar refractivity (Wildman–Crippen MR) is 55.7 cm³/mol. The van der Waals surface area contributed by atoms with Crippen LogP contribution >= 0.6 is 0 Å². The smallest absolute Gasteiger partial charge is 0.0311 e. The van der Waals surface area contributed by atoms with Crippen molar-refractivity contribution in [3.63, 3.8) is 0 Å². The van der Waals surface area contributed by atoms with Crippen LogP contribution in [0.15, 0.2) is 0 Å². The van der Waals surface area contributed by atoms with E-state index >= 15 is 0 Å². The summed E-state index contributed by atoms with van der Waals surface area (Å²) in [6.45, 7) is 4.58. The Morgan fingerprint density at radius 1 is 1.00 bits per heavy atom. The molecule has 0 unspecified atom stereocenters. The van der Waals surface area contributed by atoms with Gasteiger partial charge in [-0.15, -0.1) is 0 Å². The van der Waals surface area contributed by atoms with Crippen LogP contribution in [0.5, 0.6) is 0 Å². The second-order valence-corrected chi connectivity index (χ2v) is 7.96. The van der Waals surface area contributed by atoms with Gasteiger partial charge in [0.05, 0.1) is 0 Å². The zero-order valence-corrected chi connectivity index (χ0v) is 12.5. The average Bonchev–Trinajstić information content (AvgIpc) is 2.01. The Morgan fingerprint density at radius 2 is 1.29 bits per heavy atom. The van der Waals surface area contributed by atoms with E-state index in [-0.39, 0.29) is 21.1 Å². The molecule has 0 fully saturated rings. The number of hydrogen-bond acceptors (Lipinski definition) is 4. The summed E-state index contributed by atoms with van der Waals surface area (Å²) in [6.07, 6.45) is 5.84. The van der Waals surface area contributed by atoms with Crippen molar-refractivity contribution < 1.29 is 17.5 Å². The summed E-state index contributed by atoms with van der Waals surface area (Å²) >= 11 is 0.149. The van der Waals surface area contributed by atoms with E-state index in [1.54, 1.807) is 8.87 Å². The van der Waals surface area contributed by atoms with Crippen LogP contribution in [0.3, 0.4) is 0 Å². The summed E-state index contributed by atoms with van der Waals surface area (Å²) in [6, 6.07) is 0. The minimum atomic E-state index is -5.17. The second-order valence-electron chi connectivity index (χ2n) is 2.87. The molecule has 0 aromatic carbocycles. The molecular weight excluding hydrogens is 311 g/mol. The molecule has 4 nitrogen and oxygen atoms in total. The Hall–Kier alpha value is 0.669. The summed E-state index contributed by atoms with van der Waals surface area (Å²) in [5.74, 6) is 0. The molecule has 0 radical (unpaired) electrons. The molecule has 0 aromatic heterocycles. The van der Waals surface area contributed by atoms with E-state index in [4.69, 9.17) is 17.5 Å². The first-order valence-electron chi connectivity index (χ1n) is 4.79. The minimum Gasteiger partial charge on any atom is -0.759 e. The van der Waals surface area contributed by atoms with Crippen molar-refractivity contribution in [1.82, 2.24) is 0 Å². The predicted octanol–water partition coefficient (Wildman–Crippen LogP) is 1.79. The van der Waals surface area contributed by atoms with Crippen LogP contribution in [0.1, 0.15) is 39.5 Å². The number of unbranched alkanes of at least 4 members (excludes halogenated alkanes) is 2. The molecule has 0 aliphatic heterocycles.